The van der Waals surface area contributed by atoms with Crippen LogP contribution in [-0.2, 0) is 15.9 Å². The molecule has 18 heavy (non-hydrogen) atoms. The largest absolute Gasteiger partial charge is 0.381 e. The molecule has 1 aromatic rings. The lowest BCUT2D eigenvalue weighted by Gasteiger charge is -2.54. The van der Waals surface area contributed by atoms with Crippen LogP contribution in [0.4, 0.5) is 0 Å². The normalized spacial score (nSPS) is 33.1. The van der Waals surface area contributed by atoms with Gasteiger partial charge in [-0.05, 0) is 36.8 Å². The van der Waals surface area contributed by atoms with E-state index in [4.69, 9.17) is 9.47 Å². The minimum Gasteiger partial charge on any atom is -0.381 e. The standard InChI is InChI=1S/C16H20O2/c1-2-4-13-12(3-1)5-6-14(13)15-16(11-18-15)7-9-17-10-8-16/h1-4,14-15H,5-11H2. The molecular weight excluding hydrogens is 224 g/mol. The third kappa shape index (κ3) is 1.49. The minimum atomic E-state index is 0.431. The van der Waals surface area contributed by atoms with E-state index in [-0.39, 0.29) is 0 Å². The molecule has 2 fully saturated rings. The molecule has 2 unspecified atom stereocenters. The van der Waals surface area contributed by atoms with Crippen molar-refractivity contribution < 1.29 is 9.47 Å². The number of hydrogen-bond acceptors (Lipinski definition) is 2. The molecule has 0 radical (unpaired) electrons. The third-order valence-electron chi connectivity index (χ3n) is 5.19. The van der Waals surface area contributed by atoms with E-state index in [1.807, 2.05) is 0 Å². The van der Waals surface area contributed by atoms with Crippen LogP contribution in [0, 0.1) is 5.41 Å². The first-order valence-electron chi connectivity index (χ1n) is 7.16. The van der Waals surface area contributed by atoms with Gasteiger partial charge in [-0.3, -0.25) is 0 Å². The fourth-order valence-corrected chi connectivity index (χ4v) is 4.07. The summed E-state index contributed by atoms with van der Waals surface area (Å²) in [6, 6.07) is 8.92. The van der Waals surface area contributed by atoms with Gasteiger partial charge < -0.3 is 9.47 Å². The lowest BCUT2D eigenvalue weighted by Crippen LogP contribution is -2.56. The number of rotatable bonds is 1. The minimum absolute atomic E-state index is 0.431. The molecule has 2 heteroatoms. The Bertz CT molecular complexity index is 448. The molecule has 2 nitrogen and oxygen atoms in total. The van der Waals surface area contributed by atoms with Gasteiger partial charge in [0, 0.05) is 24.5 Å². The van der Waals surface area contributed by atoms with Gasteiger partial charge in [0.15, 0.2) is 0 Å². The zero-order valence-corrected chi connectivity index (χ0v) is 10.7. The molecule has 1 spiro atoms. The first-order valence-corrected chi connectivity index (χ1v) is 7.16. The monoisotopic (exact) mass is 244 g/mol. The highest BCUT2D eigenvalue weighted by Crippen LogP contribution is 2.52. The molecule has 0 aromatic heterocycles. The predicted octanol–water partition coefficient (Wildman–Crippen LogP) is 2.91. The van der Waals surface area contributed by atoms with Crippen LogP contribution in [0.1, 0.15) is 36.3 Å². The number of benzene rings is 1. The summed E-state index contributed by atoms with van der Waals surface area (Å²) in [6.07, 6.45) is 5.33. The average molecular weight is 244 g/mol. The molecular formula is C16H20O2. The summed E-state index contributed by atoms with van der Waals surface area (Å²) in [6.45, 7) is 2.81. The molecule has 0 saturated carbocycles. The van der Waals surface area contributed by atoms with Gasteiger partial charge in [-0.15, -0.1) is 0 Å². The molecule has 2 heterocycles. The Morgan fingerprint density at radius 3 is 2.72 bits per heavy atom. The second kappa shape index (κ2) is 4.07. The van der Waals surface area contributed by atoms with Crippen LogP contribution >= 0.6 is 0 Å². The topological polar surface area (TPSA) is 18.5 Å². The molecule has 0 N–H and O–H groups in total. The molecule has 2 saturated heterocycles. The summed E-state index contributed by atoms with van der Waals surface area (Å²) in [4.78, 5) is 0. The van der Waals surface area contributed by atoms with Crippen molar-refractivity contribution in [2.75, 3.05) is 19.8 Å². The summed E-state index contributed by atoms with van der Waals surface area (Å²) in [7, 11) is 0. The molecule has 3 aliphatic rings. The Morgan fingerprint density at radius 1 is 1.11 bits per heavy atom. The summed E-state index contributed by atoms with van der Waals surface area (Å²) >= 11 is 0. The fourth-order valence-electron chi connectivity index (χ4n) is 4.07. The maximum absolute atomic E-state index is 6.01. The van der Waals surface area contributed by atoms with E-state index >= 15 is 0 Å². The molecule has 4 rings (SSSR count). The van der Waals surface area contributed by atoms with Crippen molar-refractivity contribution in [3.8, 4) is 0 Å². The van der Waals surface area contributed by atoms with Gasteiger partial charge in [0.2, 0.25) is 0 Å². The fraction of sp³-hybridized carbons (Fsp3) is 0.625. The van der Waals surface area contributed by atoms with E-state index in [0.29, 0.717) is 17.4 Å². The molecule has 2 aliphatic heterocycles. The van der Waals surface area contributed by atoms with Crippen LogP contribution < -0.4 is 0 Å². The highest BCUT2D eigenvalue weighted by Gasteiger charge is 2.53. The first kappa shape index (κ1) is 11.0. The van der Waals surface area contributed by atoms with Crippen LogP contribution in [0.2, 0.25) is 0 Å². The van der Waals surface area contributed by atoms with E-state index < -0.39 is 0 Å². The summed E-state index contributed by atoms with van der Waals surface area (Å²) in [5.41, 5.74) is 3.52. The number of aryl methyl sites for hydroxylation is 1. The molecule has 0 amide bonds. The molecule has 2 atom stereocenters. The van der Waals surface area contributed by atoms with Gasteiger partial charge in [0.05, 0.1) is 12.7 Å². The lowest BCUT2D eigenvalue weighted by molar-refractivity contribution is -0.227. The quantitative estimate of drug-likeness (QED) is 0.756. The van der Waals surface area contributed by atoms with Gasteiger partial charge in [0.1, 0.15) is 0 Å². The summed E-state index contributed by atoms with van der Waals surface area (Å²) in [5, 5.41) is 0. The second-order valence-electron chi connectivity index (χ2n) is 6.05. The smallest absolute Gasteiger partial charge is 0.0723 e. The van der Waals surface area contributed by atoms with Crippen molar-refractivity contribution in [3.05, 3.63) is 35.4 Å². The van der Waals surface area contributed by atoms with Crippen molar-refractivity contribution in [3.63, 3.8) is 0 Å². The Balaban J connectivity index is 1.61. The maximum Gasteiger partial charge on any atom is 0.0723 e. The average Bonchev–Trinajstić information content (AvgIpc) is 2.83. The molecule has 1 aliphatic carbocycles. The van der Waals surface area contributed by atoms with Crippen molar-refractivity contribution >= 4 is 0 Å². The number of fused-ring (bicyclic) bond motifs is 1. The zero-order chi connectivity index (χ0) is 12.0. The first-order chi connectivity index (χ1) is 8.89. The summed E-state index contributed by atoms with van der Waals surface area (Å²) < 4.78 is 11.5. The Hall–Kier alpha value is -0.860. The van der Waals surface area contributed by atoms with Crippen molar-refractivity contribution in [2.45, 2.75) is 37.7 Å². The van der Waals surface area contributed by atoms with Crippen LogP contribution in [-0.4, -0.2) is 25.9 Å². The van der Waals surface area contributed by atoms with Gasteiger partial charge >= 0.3 is 0 Å². The van der Waals surface area contributed by atoms with Gasteiger partial charge in [0.25, 0.3) is 0 Å². The lowest BCUT2D eigenvalue weighted by atomic mass is 9.66. The van der Waals surface area contributed by atoms with Crippen molar-refractivity contribution in [1.82, 2.24) is 0 Å². The van der Waals surface area contributed by atoms with E-state index in [9.17, 15) is 0 Å². The maximum atomic E-state index is 6.01. The van der Waals surface area contributed by atoms with Crippen LogP contribution in [0.15, 0.2) is 24.3 Å². The Kier molecular flexibility index (Phi) is 2.49. The van der Waals surface area contributed by atoms with E-state index in [1.165, 1.54) is 25.7 Å². The zero-order valence-electron chi connectivity index (χ0n) is 10.7. The highest BCUT2D eigenvalue weighted by molar-refractivity contribution is 5.36. The van der Waals surface area contributed by atoms with Gasteiger partial charge in [-0.25, -0.2) is 0 Å². The molecule has 96 valence electrons. The molecule has 1 aromatic carbocycles. The van der Waals surface area contributed by atoms with E-state index in [2.05, 4.69) is 24.3 Å². The van der Waals surface area contributed by atoms with Crippen LogP contribution in [0.25, 0.3) is 0 Å². The van der Waals surface area contributed by atoms with Gasteiger partial charge in [-0.1, -0.05) is 24.3 Å². The Morgan fingerprint density at radius 2 is 1.94 bits per heavy atom. The second-order valence-corrected chi connectivity index (χ2v) is 6.05. The third-order valence-corrected chi connectivity index (χ3v) is 5.19. The van der Waals surface area contributed by atoms with Crippen LogP contribution in [0.5, 0.6) is 0 Å². The van der Waals surface area contributed by atoms with E-state index in [0.717, 1.165) is 19.8 Å². The van der Waals surface area contributed by atoms with Crippen LogP contribution in [0.3, 0.4) is 0 Å². The number of ether oxygens (including phenoxy) is 2. The highest BCUT2D eigenvalue weighted by atomic mass is 16.5. The Labute approximate surface area is 108 Å². The van der Waals surface area contributed by atoms with Crippen molar-refractivity contribution in [2.24, 2.45) is 5.41 Å². The predicted molar refractivity (Wildman–Crippen MR) is 69.7 cm³/mol. The van der Waals surface area contributed by atoms with E-state index in [1.54, 1.807) is 11.1 Å². The van der Waals surface area contributed by atoms with Gasteiger partial charge in [-0.2, -0.15) is 0 Å². The SMILES string of the molecule is c1ccc2c(c1)CCC2C1OCC12CCOCC2. The van der Waals surface area contributed by atoms with Crippen molar-refractivity contribution in [1.29, 1.82) is 0 Å². The molecule has 0 bridgehead atoms. The summed E-state index contributed by atoms with van der Waals surface area (Å²) in [5.74, 6) is 0.632. The number of hydrogen-bond donors (Lipinski definition) is 0.